The Hall–Kier alpha value is -0.140. The van der Waals surface area contributed by atoms with Gasteiger partial charge in [0.1, 0.15) is 0 Å². The van der Waals surface area contributed by atoms with Crippen LogP contribution in [0.1, 0.15) is 0 Å². The second kappa shape index (κ2) is 4.78. The monoisotopic (exact) mass is 252 g/mol. The molecule has 1 heterocycles. The number of hydrogen-bond acceptors (Lipinski definition) is 5. The van der Waals surface area contributed by atoms with Crippen molar-refractivity contribution in [2.75, 3.05) is 11.1 Å². The molecular weight excluding hydrogens is 244 g/mol. The van der Waals surface area contributed by atoms with Crippen molar-refractivity contribution in [3.05, 3.63) is 0 Å². The van der Waals surface area contributed by atoms with Crippen LogP contribution in [-0.4, -0.2) is 42.5 Å². The largest absolute Gasteiger partial charge is 0.391 e. The Morgan fingerprint density at radius 3 is 3.00 bits per heavy atom. The third-order valence-corrected chi connectivity index (χ3v) is 3.07. The highest BCUT2D eigenvalue weighted by Gasteiger charge is 2.06. The first-order valence-electron chi connectivity index (χ1n) is 3.33. The summed E-state index contributed by atoms with van der Waals surface area (Å²) in [6, 6.07) is 0. The molecule has 0 aliphatic carbocycles. The fourth-order valence-electron chi connectivity index (χ4n) is 0.559. The molecule has 0 aliphatic heterocycles. The lowest BCUT2D eigenvalue weighted by Gasteiger charge is -2.03. The molecule has 68 valence electrons. The van der Waals surface area contributed by atoms with Crippen molar-refractivity contribution in [3.63, 3.8) is 0 Å². The lowest BCUT2D eigenvalue weighted by molar-refractivity contribution is 0.226. The SMILES string of the molecule is Cn1nnnc1SCC(O)CBr. The van der Waals surface area contributed by atoms with Gasteiger partial charge in [0.2, 0.25) is 5.16 Å². The van der Waals surface area contributed by atoms with Crippen LogP contribution < -0.4 is 0 Å². The number of thioether (sulfide) groups is 1. The molecule has 0 radical (unpaired) electrons. The third kappa shape index (κ3) is 2.72. The summed E-state index contributed by atoms with van der Waals surface area (Å²) in [6.45, 7) is 0. The zero-order chi connectivity index (χ0) is 8.97. The molecule has 5 nitrogen and oxygen atoms in total. The molecule has 1 N–H and O–H groups in total. The number of rotatable bonds is 4. The summed E-state index contributed by atoms with van der Waals surface area (Å²) < 4.78 is 1.58. The Morgan fingerprint density at radius 1 is 1.75 bits per heavy atom. The van der Waals surface area contributed by atoms with E-state index in [9.17, 15) is 5.11 Å². The molecule has 12 heavy (non-hydrogen) atoms. The van der Waals surface area contributed by atoms with Crippen LogP contribution in [-0.2, 0) is 7.05 Å². The van der Waals surface area contributed by atoms with E-state index in [1.54, 1.807) is 11.7 Å². The van der Waals surface area contributed by atoms with Crippen molar-refractivity contribution in [1.29, 1.82) is 0 Å². The second-order valence-corrected chi connectivity index (χ2v) is 3.84. The standard InChI is InChI=1S/C5H9BrN4OS/c1-10-5(7-8-9-10)12-3-4(11)2-6/h4,11H,2-3H2,1H3. The van der Waals surface area contributed by atoms with Gasteiger partial charge in [0.15, 0.2) is 0 Å². The molecule has 0 aromatic carbocycles. The molecule has 0 amide bonds. The summed E-state index contributed by atoms with van der Waals surface area (Å²) in [4.78, 5) is 0. The van der Waals surface area contributed by atoms with Gasteiger partial charge in [0, 0.05) is 18.1 Å². The van der Waals surface area contributed by atoms with Crippen molar-refractivity contribution >= 4 is 27.7 Å². The average molecular weight is 253 g/mol. The van der Waals surface area contributed by atoms with E-state index in [-0.39, 0.29) is 6.10 Å². The maximum Gasteiger partial charge on any atom is 0.209 e. The smallest absolute Gasteiger partial charge is 0.209 e. The molecule has 1 atom stereocenters. The zero-order valence-corrected chi connectivity index (χ0v) is 8.92. The molecule has 0 spiro atoms. The van der Waals surface area contributed by atoms with Gasteiger partial charge in [-0.2, -0.15) is 0 Å². The lowest BCUT2D eigenvalue weighted by Crippen LogP contribution is -2.11. The summed E-state index contributed by atoms with van der Waals surface area (Å²) in [7, 11) is 1.77. The van der Waals surface area contributed by atoms with Crippen molar-refractivity contribution < 1.29 is 5.11 Å². The van der Waals surface area contributed by atoms with E-state index in [1.807, 2.05) is 0 Å². The molecule has 0 aliphatic rings. The molecule has 0 fully saturated rings. The summed E-state index contributed by atoms with van der Waals surface area (Å²) in [6.07, 6.45) is -0.355. The Labute approximate surface area is 82.7 Å². The van der Waals surface area contributed by atoms with Crippen LogP contribution in [0.5, 0.6) is 0 Å². The molecule has 1 aromatic heterocycles. The summed E-state index contributed by atoms with van der Waals surface area (Å²) in [5.41, 5.74) is 0. The first-order chi connectivity index (χ1) is 5.74. The van der Waals surface area contributed by atoms with Crippen molar-refractivity contribution in [3.8, 4) is 0 Å². The lowest BCUT2D eigenvalue weighted by atomic mass is 10.5. The van der Waals surface area contributed by atoms with Crippen LogP contribution >= 0.6 is 27.7 Å². The van der Waals surface area contributed by atoms with E-state index in [0.29, 0.717) is 11.1 Å². The van der Waals surface area contributed by atoms with Gasteiger partial charge >= 0.3 is 0 Å². The minimum absolute atomic E-state index is 0.355. The van der Waals surface area contributed by atoms with E-state index in [4.69, 9.17) is 0 Å². The first-order valence-corrected chi connectivity index (χ1v) is 5.44. The Balaban J connectivity index is 2.38. The van der Waals surface area contributed by atoms with Crippen LogP contribution in [0.15, 0.2) is 5.16 Å². The van der Waals surface area contributed by atoms with E-state index in [1.165, 1.54) is 11.8 Å². The molecule has 7 heteroatoms. The molecule has 1 aromatic rings. The molecule has 0 saturated carbocycles. The highest BCUT2D eigenvalue weighted by atomic mass is 79.9. The van der Waals surface area contributed by atoms with Crippen molar-refractivity contribution in [1.82, 2.24) is 20.2 Å². The minimum Gasteiger partial charge on any atom is -0.391 e. The predicted octanol–water partition coefficient (Wildman–Crippen LogP) is 0.0580. The number of aliphatic hydroxyl groups excluding tert-OH is 1. The number of hydrogen-bond donors (Lipinski definition) is 1. The van der Waals surface area contributed by atoms with Gasteiger partial charge in [0.25, 0.3) is 0 Å². The zero-order valence-electron chi connectivity index (χ0n) is 6.51. The van der Waals surface area contributed by atoms with Crippen molar-refractivity contribution in [2.45, 2.75) is 11.3 Å². The van der Waals surface area contributed by atoms with Crippen LogP contribution in [0.25, 0.3) is 0 Å². The maximum absolute atomic E-state index is 9.20. The van der Waals surface area contributed by atoms with E-state index < -0.39 is 0 Å². The van der Waals surface area contributed by atoms with Crippen LogP contribution in [0.3, 0.4) is 0 Å². The van der Waals surface area contributed by atoms with Crippen LogP contribution in [0.4, 0.5) is 0 Å². The van der Waals surface area contributed by atoms with Gasteiger partial charge in [-0.3, -0.25) is 0 Å². The number of aryl methyl sites for hydroxylation is 1. The summed E-state index contributed by atoms with van der Waals surface area (Å²) in [5, 5.41) is 21.4. The van der Waals surface area contributed by atoms with E-state index >= 15 is 0 Å². The van der Waals surface area contributed by atoms with Crippen LogP contribution in [0, 0.1) is 0 Å². The molecule has 0 saturated heterocycles. The molecule has 1 unspecified atom stereocenters. The molecule has 1 rings (SSSR count). The Kier molecular flexibility index (Phi) is 3.96. The summed E-state index contributed by atoms with van der Waals surface area (Å²) in [5.74, 6) is 0.597. The number of aliphatic hydroxyl groups is 1. The fraction of sp³-hybridized carbons (Fsp3) is 0.800. The third-order valence-electron chi connectivity index (χ3n) is 1.16. The molecular formula is C5H9BrN4OS. The predicted molar refractivity (Wildman–Crippen MR) is 49.3 cm³/mol. The normalized spacial score (nSPS) is 13.2. The highest BCUT2D eigenvalue weighted by Crippen LogP contribution is 2.13. The minimum atomic E-state index is -0.355. The van der Waals surface area contributed by atoms with Gasteiger partial charge in [-0.1, -0.05) is 27.7 Å². The average Bonchev–Trinajstić information content (AvgIpc) is 2.47. The van der Waals surface area contributed by atoms with Crippen LogP contribution in [0.2, 0.25) is 0 Å². The highest BCUT2D eigenvalue weighted by molar-refractivity contribution is 9.09. The second-order valence-electron chi connectivity index (χ2n) is 2.20. The number of alkyl halides is 1. The van der Waals surface area contributed by atoms with Gasteiger partial charge in [-0.15, -0.1) is 5.10 Å². The number of halogens is 1. The molecule has 0 bridgehead atoms. The maximum atomic E-state index is 9.20. The number of tetrazole rings is 1. The van der Waals surface area contributed by atoms with Gasteiger partial charge in [-0.05, 0) is 10.4 Å². The Morgan fingerprint density at radius 2 is 2.50 bits per heavy atom. The van der Waals surface area contributed by atoms with Gasteiger partial charge < -0.3 is 5.11 Å². The van der Waals surface area contributed by atoms with Crippen molar-refractivity contribution in [2.24, 2.45) is 7.05 Å². The number of aromatic nitrogens is 4. The Bertz CT molecular complexity index is 243. The topological polar surface area (TPSA) is 63.8 Å². The quantitative estimate of drug-likeness (QED) is 0.607. The van der Waals surface area contributed by atoms with Gasteiger partial charge in [-0.25, -0.2) is 4.68 Å². The first kappa shape index (κ1) is 9.94. The van der Waals surface area contributed by atoms with E-state index in [0.717, 1.165) is 5.16 Å². The van der Waals surface area contributed by atoms with Gasteiger partial charge in [0.05, 0.1) is 6.10 Å². The van der Waals surface area contributed by atoms with E-state index in [2.05, 4.69) is 31.5 Å². The fourth-order valence-corrected chi connectivity index (χ4v) is 1.87. The summed E-state index contributed by atoms with van der Waals surface area (Å²) >= 11 is 4.61. The number of nitrogens with zero attached hydrogens (tertiary/aromatic N) is 4.